The van der Waals surface area contributed by atoms with Crippen molar-refractivity contribution in [2.24, 2.45) is 0 Å². The highest BCUT2D eigenvalue weighted by Crippen LogP contribution is 2.62. The summed E-state index contributed by atoms with van der Waals surface area (Å²) < 4.78 is 0. The Bertz CT molecular complexity index is 3190. The zero-order valence-corrected chi connectivity index (χ0v) is 36.7. The van der Waals surface area contributed by atoms with Crippen molar-refractivity contribution in [3.63, 3.8) is 0 Å². The minimum atomic E-state index is -0.178. The molecule has 0 spiro atoms. The van der Waals surface area contributed by atoms with Gasteiger partial charge in [0.05, 0.1) is 0 Å². The van der Waals surface area contributed by atoms with Crippen molar-refractivity contribution in [3.8, 4) is 77.9 Å². The highest BCUT2D eigenvalue weighted by atomic mass is 14.4. The molecule has 0 aromatic heterocycles. The minimum absolute atomic E-state index is 0.0469. The van der Waals surface area contributed by atoms with Gasteiger partial charge in [-0.05, 0) is 139 Å². The Hall–Kier alpha value is -6.50. The van der Waals surface area contributed by atoms with Gasteiger partial charge >= 0.3 is 0 Å². The summed E-state index contributed by atoms with van der Waals surface area (Å²) in [6, 6.07) is 64.6. The first kappa shape index (κ1) is 37.5. The van der Waals surface area contributed by atoms with Crippen molar-refractivity contribution in [1.29, 1.82) is 0 Å². The van der Waals surface area contributed by atoms with Crippen LogP contribution in [0, 0.1) is 0 Å². The molecule has 0 radical (unpaired) electrons. The fraction of sp³-hybridized carbons (Fsp3) is 0.180. The van der Waals surface area contributed by atoms with Crippen LogP contribution in [0.5, 0.6) is 0 Å². The van der Waals surface area contributed by atoms with E-state index in [9.17, 15) is 0 Å². The number of hydrogen-bond acceptors (Lipinski definition) is 0. The molecule has 0 fully saturated rings. The summed E-state index contributed by atoms with van der Waals surface area (Å²) in [6.07, 6.45) is 0. The first-order chi connectivity index (χ1) is 29.3. The fourth-order valence-corrected chi connectivity index (χ4v) is 10.8. The molecule has 0 saturated heterocycles. The van der Waals surface area contributed by atoms with E-state index in [1.807, 2.05) is 0 Å². The summed E-state index contributed by atoms with van der Waals surface area (Å²) in [6.45, 7) is 19.0. The van der Waals surface area contributed by atoms with Crippen LogP contribution in [0.25, 0.3) is 99.4 Å². The average molecular weight is 785 g/mol. The molecular formula is C61H52. The fourth-order valence-electron chi connectivity index (χ4n) is 10.8. The van der Waals surface area contributed by atoms with Crippen LogP contribution in [-0.2, 0) is 16.2 Å². The molecule has 2 aliphatic rings. The second kappa shape index (κ2) is 13.2. The van der Waals surface area contributed by atoms with E-state index >= 15 is 0 Å². The lowest BCUT2D eigenvalue weighted by Crippen LogP contribution is -2.19. The van der Waals surface area contributed by atoms with Gasteiger partial charge in [0.15, 0.2) is 0 Å². The van der Waals surface area contributed by atoms with Crippen molar-refractivity contribution in [2.45, 2.75) is 71.6 Å². The standard InChI is InChI=1S/C61H52/c1-59(2,3)40-32-33-46-50(35-40)61(7,8)51-36-41(60(4,5)6)34-49(53(46)51)55-44-26-15-16-27-45(44)56(58-48-31-18-25-39-24-17-30-47(52(39)48)57(55)58)54-42(37-20-11-9-12-21-37)28-19-29-43(54)38-22-13-10-14-23-38/h9-36H,1-8H3. The maximum atomic E-state index is 2.57. The van der Waals surface area contributed by atoms with Gasteiger partial charge in [0.25, 0.3) is 0 Å². The third-order valence-corrected chi connectivity index (χ3v) is 13.9. The van der Waals surface area contributed by atoms with Crippen LogP contribution < -0.4 is 0 Å². The van der Waals surface area contributed by atoms with Gasteiger partial charge in [-0.25, -0.2) is 0 Å². The van der Waals surface area contributed by atoms with Crippen LogP contribution in [0.1, 0.15) is 77.6 Å². The van der Waals surface area contributed by atoms with Gasteiger partial charge in [0.2, 0.25) is 0 Å². The molecular weight excluding hydrogens is 733 g/mol. The molecule has 0 nitrogen and oxygen atoms in total. The lowest BCUT2D eigenvalue weighted by atomic mass is 9.74. The lowest BCUT2D eigenvalue weighted by Gasteiger charge is -2.29. The Morgan fingerprint density at radius 2 is 0.820 bits per heavy atom. The summed E-state index contributed by atoms with van der Waals surface area (Å²) in [5, 5.41) is 5.18. The smallest absolute Gasteiger partial charge is 0.0159 e. The molecule has 0 bridgehead atoms. The number of fused-ring (bicyclic) bond motifs is 7. The summed E-state index contributed by atoms with van der Waals surface area (Å²) in [5.74, 6) is 0. The molecule has 296 valence electrons. The SMILES string of the molecule is CC(C)(C)c1ccc2c(c1)C(C)(C)c1cc(C(C)(C)C)cc(-c3c4c(c(-c5c(-c6ccccc6)cccc5-c5ccccc5)c5ccccc35)-c3cccc5cccc-4c35)c1-2. The van der Waals surface area contributed by atoms with Crippen LogP contribution in [0.3, 0.4) is 0 Å². The normalized spacial score (nSPS) is 13.7. The first-order valence-electron chi connectivity index (χ1n) is 22.0. The maximum Gasteiger partial charge on any atom is 0.0159 e. The Balaban J connectivity index is 1.36. The van der Waals surface area contributed by atoms with Crippen LogP contribution in [0.4, 0.5) is 0 Å². The highest BCUT2D eigenvalue weighted by molar-refractivity contribution is 6.29. The summed E-state index contributed by atoms with van der Waals surface area (Å²) in [7, 11) is 0. The third-order valence-electron chi connectivity index (χ3n) is 13.9. The van der Waals surface area contributed by atoms with Gasteiger partial charge < -0.3 is 0 Å². The molecule has 0 heteroatoms. The number of hydrogen-bond donors (Lipinski definition) is 0. The molecule has 0 heterocycles. The molecule has 0 atom stereocenters. The molecule has 0 unspecified atom stereocenters. The summed E-state index contributed by atoms with van der Waals surface area (Å²) >= 11 is 0. The zero-order valence-electron chi connectivity index (χ0n) is 36.7. The molecule has 0 amide bonds. The van der Waals surface area contributed by atoms with Crippen LogP contribution in [0.15, 0.2) is 170 Å². The Morgan fingerprint density at radius 3 is 1.39 bits per heavy atom. The van der Waals surface area contributed by atoms with Crippen molar-refractivity contribution in [1.82, 2.24) is 0 Å². The van der Waals surface area contributed by atoms with E-state index in [1.54, 1.807) is 0 Å². The number of rotatable bonds is 4. The second-order valence-electron chi connectivity index (χ2n) is 20.0. The monoisotopic (exact) mass is 784 g/mol. The van der Waals surface area contributed by atoms with Crippen LogP contribution in [0.2, 0.25) is 0 Å². The average Bonchev–Trinajstić information content (AvgIpc) is 3.71. The molecule has 0 aliphatic heterocycles. The quantitative estimate of drug-likeness (QED) is 0.167. The third kappa shape index (κ3) is 5.58. The molecule has 0 saturated carbocycles. The highest BCUT2D eigenvalue weighted by Gasteiger charge is 2.41. The minimum Gasteiger partial charge on any atom is -0.0622 e. The molecule has 11 rings (SSSR count). The molecule has 9 aromatic rings. The first-order valence-corrected chi connectivity index (χ1v) is 22.0. The molecule has 9 aromatic carbocycles. The summed E-state index contributed by atoms with van der Waals surface area (Å²) in [5.41, 5.74) is 23.6. The molecule has 0 N–H and O–H groups in total. The Kier molecular flexibility index (Phi) is 8.14. The van der Waals surface area contributed by atoms with Gasteiger partial charge in [0, 0.05) is 5.41 Å². The van der Waals surface area contributed by atoms with E-state index in [-0.39, 0.29) is 16.2 Å². The molecule has 2 aliphatic carbocycles. The molecule has 61 heavy (non-hydrogen) atoms. The van der Waals surface area contributed by atoms with Gasteiger partial charge in [-0.1, -0.05) is 219 Å². The van der Waals surface area contributed by atoms with Crippen LogP contribution >= 0.6 is 0 Å². The van der Waals surface area contributed by atoms with Gasteiger partial charge in [0.1, 0.15) is 0 Å². The topological polar surface area (TPSA) is 0 Å². The van der Waals surface area contributed by atoms with E-state index in [0.29, 0.717) is 0 Å². The number of benzene rings is 9. The van der Waals surface area contributed by atoms with Gasteiger partial charge in [-0.3, -0.25) is 0 Å². The van der Waals surface area contributed by atoms with Crippen molar-refractivity contribution < 1.29 is 0 Å². The van der Waals surface area contributed by atoms with Gasteiger partial charge in [-0.2, -0.15) is 0 Å². The van der Waals surface area contributed by atoms with Crippen LogP contribution in [-0.4, -0.2) is 0 Å². The predicted molar refractivity (Wildman–Crippen MR) is 263 cm³/mol. The Morgan fingerprint density at radius 1 is 0.328 bits per heavy atom. The largest absolute Gasteiger partial charge is 0.0622 e. The second-order valence-corrected chi connectivity index (χ2v) is 20.0. The summed E-state index contributed by atoms with van der Waals surface area (Å²) in [4.78, 5) is 0. The van der Waals surface area contributed by atoms with Crippen molar-refractivity contribution in [3.05, 3.63) is 192 Å². The van der Waals surface area contributed by atoms with E-state index < -0.39 is 0 Å². The van der Waals surface area contributed by atoms with Gasteiger partial charge in [-0.15, -0.1) is 0 Å². The zero-order chi connectivity index (χ0) is 42.0. The van der Waals surface area contributed by atoms with Crippen molar-refractivity contribution in [2.75, 3.05) is 0 Å². The van der Waals surface area contributed by atoms with E-state index in [1.165, 1.54) is 122 Å². The lowest BCUT2D eigenvalue weighted by molar-refractivity contribution is 0.580. The van der Waals surface area contributed by atoms with E-state index in [2.05, 4.69) is 225 Å². The van der Waals surface area contributed by atoms with E-state index in [0.717, 1.165) is 0 Å². The van der Waals surface area contributed by atoms with E-state index in [4.69, 9.17) is 0 Å². The maximum absolute atomic E-state index is 2.57. The van der Waals surface area contributed by atoms with Crippen molar-refractivity contribution >= 4 is 21.5 Å². The predicted octanol–water partition coefficient (Wildman–Crippen LogP) is 17.2. The Labute approximate surface area is 361 Å².